The number of benzene rings is 1. The summed E-state index contributed by atoms with van der Waals surface area (Å²) >= 11 is 0. The van der Waals surface area contributed by atoms with Gasteiger partial charge in [-0.15, -0.1) is 0 Å². The van der Waals surface area contributed by atoms with Crippen LogP contribution >= 0.6 is 0 Å². The summed E-state index contributed by atoms with van der Waals surface area (Å²) in [5, 5.41) is 7.37. The maximum atomic E-state index is 12.1. The smallest absolute Gasteiger partial charge is 0.226 e. The molecule has 1 amide bonds. The van der Waals surface area contributed by atoms with E-state index in [2.05, 4.69) is 17.3 Å². The van der Waals surface area contributed by atoms with Crippen LogP contribution in [0.4, 0.5) is 5.82 Å². The van der Waals surface area contributed by atoms with Crippen LogP contribution in [0, 0.1) is 6.92 Å². The van der Waals surface area contributed by atoms with E-state index in [1.54, 1.807) is 11.8 Å². The molecule has 0 saturated carbocycles. The highest BCUT2D eigenvalue weighted by molar-refractivity contribution is 5.94. The predicted octanol–water partition coefficient (Wildman–Crippen LogP) is 3.00. The van der Waals surface area contributed by atoms with E-state index in [1.807, 2.05) is 32.2 Å². The van der Waals surface area contributed by atoms with E-state index in [0.29, 0.717) is 18.8 Å². The van der Waals surface area contributed by atoms with E-state index in [1.165, 1.54) is 0 Å². The molecule has 6 heteroatoms. The summed E-state index contributed by atoms with van der Waals surface area (Å²) in [7, 11) is 3.48. The topological polar surface area (TPSA) is 65.4 Å². The van der Waals surface area contributed by atoms with Gasteiger partial charge in [0.25, 0.3) is 0 Å². The number of anilines is 1. The van der Waals surface area contributed by atoms with Crippen LogP contribution in [0.15, 0.2) is 18.2 Å². The molecule has 0 saturated heterocycles. The molecule has 0 radical (unpaired) electrons. The fourth-order valence-electron chi connectivity index (χ4n) is 3.23. The molecule has 1 atom stereocenters. The van der Waals surface area contributed by atoms with Crippen molar-refractivity contribution < 1.29 is 14.3 Å². The summed E-state index contributed by atoms with van der Waals surface area (Å²) in [6.45, 7) is 4.68. The van der Waals surface area contributed by atoms with Gasteiger partial charge in [0.15, 0.2) is 11.5 Å². The van der Waals surface area contributed by atoms with Gasteiger partial charge in [0, 0.05) is 24.9 Å². The second-order valence-corrected chi connectivity index (χ2v) is 6.03. The first-order chi connectivity index (χ1) is 11.5. The number of nitrogens with zero attached hydrogens (tertiary/aromatic N) is 2. The Kier molecular flexibility index (Phi) is 4.46. The molecule has 1 aliphatic heterocycles. The highest BCUT2D eigenvalue weighted by Crippen LogP contribution is 2.41. The monoisotopic (exact) mass is 329 g/mol. The van der Waals surface area contributed by atoms with E-state index in [4.69, 9.17) is 9.47 Å². The first-order valence-electron chi connectivity index (χ1n) is 8.19. The Hall–Kier alpha value is -2.50. The first-order valence-corrected chi connectivity index (χ1v) is 8.19. The Morgan fingerprint density at radius 3 is 2.88 bits per heavy atom. The summed E-state index contributed by atoms with van der Waals surface area (Å²) in [6.07, 6.45) is 1.34. The van der Waals surface area contributed by atoms with E-state index < -0.39 is 0 Å². The van der Waals surface area contributed by atoms with Crippen molar-refractivity contribution in [2.24, 2.45) is 7.05 Å². The fourth-order valence-corrected chi connectivity index (χ4v) is 3.23. The lowest BCUT2D eigenvalue weighted by Gasteiger charge is -2.24. The molecule has 1 aromatic carbocycles. The molecular formula is C18H23N3O3. The minimum absolute atomic E-state index is 0.000719. The van der Waals surface area contributed by atoms with Crippen molar-refractivity contribution in [2.45, 2.75) is 32.6 Å². The molecule has 0 spiro atoms. The van der Waals surface area contributed by atoms with Crippen LogP contribution in [0.3, 0.4) is 0 Å². The van der Waals surface area contributed by atoms with E-state index >= 15 is 0 Å². The number of ether oxygens (including phenoxy) is 2. The third-order valence-corrected chi connectivity index (χ3v) is 4.32. The van der Waals surface area contributed by atoms with Crippen LogP contribution in [0.5, 0.6) is 11.5 Å². The van der Waals surface area contributed by atoms with Crippen LogP contribution in [-0.4, -0.2) is 29.4 Å². The molecule has 3 rings (SSSR count). The van der Waals surface area contributed by atoms with Crippen molar-refractivity contribution in [1.29, 1.82) is 0 Å². The number of fused-ring (bicyclic) bond motifs is 1. The molecule has 6 nitrogen and oxygen atoms in total. The number of amides is 1. The number of aryl methyl sites for hydroxylation is 2. The lowest BCUT2D eigenvalue weighted by atomic mass is 9.85. The molecule has 1 aliphatic rings. The molecule has 1 N–H and O–H groups in total. The molecule has 2 heterocycles. The van der Waals surface area contributed by atoms with Crippen molar-refractivity contribution in [2.75, 3.05) is 19.0 Å². The van der Waals surface area contributed by atoms with Gasteiger partial charge < -0.3 is 14.8 Å². The Morgan fingerprint density at radius 2 is 2.17 bits per heavy atom. The molecule has 0 aliphatic carbocycles. The molecule has 0 fully saturated rings. The van der Waals surface area contributed by atoms with Crippen molar-refractivity contribution >= 4 is 11.7 Å². The Balaban J connectivity index is 2.02. The van der Waals surface area contributed by atoms with Gasteiger partial charge in [0.2, 0.25) is 5.91 Å². The van der Waals surface area contributed by atoms with Gasteiger partial charge >= 0.3 is 0 Å². The second kappa shape index (κ2) is 6.55. The minimum atomic E-state index is -0.0309. The van der Waals surface area contributed by atoms with Gasteiger partial charge in [-0.2, -0.15) is 5.10 Å². The van der Waals surface area contributed by atoms with Crippen molar-refractivity contribution in [3.05, 3.63) is 35.0 Å². The van der Waals surface area contributed by atoms with Crippen LogP contribution in [0.2, 0.25) is 0 Å². The maximum absolute atomic E-state index is 12.1. The molecule has 0 bridgehead atoms. The lowest BCUT2D eigenvalue weighted by molar-refractivity contribution is -0.116. The van der Waals surface area contributed by atoms with E-state index in [0.717, 1.165) is 34.8 Å². The van der Waals surface area contributed by atoms with Crippen LogP contribution < -0.4 is 14.8 Å². The Morgan fingerprint density at radius 1 is 1.38 bits per heavy atom. The van der Waals surface area contributed by atoms with E-state index in [-0.39, 0.29) is 11.8 Å². The highest BCUT2D eigenvalue weighted by Gasteiger charge is 2.32. The van der Waals surface area contributed by atoms with Crippen molar-refractivity contribution in [1.82, 2.24) is 9.78 Å². The normalized spacial score (nSPS) is 16.5. The molecule has 1 aromatic heterocycles. The van der Waals surface area contributed by atoms with Gasteiger partial charge in [-0.25, -0.2) is 0 Å². The zero-order valence-corrected chi connectivity index (χ0v) is 14.5. The SMILES string of the molecule is CCCOc1ccc([C@@H]2CC(=O)Nc3c2c(C)nn3C)cc1OC. The summed E-state index contributed by atoms with van der Waals surface area (Å²) in [6, 6.07) is 5.89. The standard InChI is InChI=1S/C18H23N3O3/c1-5-8-24-14-7-6-12(9-15(14)23-4)13-10-16(22)19-18-17(13)11(2)20-21(18)3/h6-7,9,13H,5,8,10H2,1-4H3,(H,19,22)/t13-/m0/s1. The fraction of sp³-hybridized carbons (Fsp3) is 0.444. The van der Waals surface area contributed by atoms with Crippen LogP contribution in [-0.2, 0) is 11.8 Å². The number of hydrogen-bond acceptors (Lipinski definition) is 4. The summed E-state index contributed by atoms with van der Waals surface area (Å²) in [5.41, 5.74) is 3.03. The predicted molar refractivity (Wildman–Crippen MR) is 91.8 cm³/mol. The molecule has 24 heavy (non-hydrogen) atoms. The maximum Gasteiger partial charge on any atom is 0.226 e. The first kappa shape index (κ1) is 16.4. The van der Waals surface area contributed by atoms with Crippen molar-refractivity contribution in [3.8, 4) is 11.5 Å². The molecular weight excluding hydrogens is 306 g/mol. The zero-order chi connectivity index (χ0) is 17.3. The average Bonchev–Trinajstić information content (AvgIpc) is 2.86. The number of carbonyl (C=O) groups is 1. The number of carbonyl (C=O) groups excluding carboxylic acids is 1. The third kappa shape index (κ3) is 2.84. The average molecular weight is 329 g/mol. The number of nitrogens with one attached hydrogen (secondary N) is 1. The largest absolute Gasteiger partial charge is 0.493 e. The van der Waals surface area contributed by atoms with Gasteiger partial charge in [-0.1, -0.05) is 13.0 Å². The summed E-state index contributed by atoms with van der Waals surface area (Å²) in [5.74, 6) is 2.16. The molecule has 128 valence electrons. The highest BCUT2D eigenvalue weighted by atomic mass is 16.5. The van der Waals surface area contributed by atoms with Gasteiger partial charge in [0.05, 0.1) is 19.4 Å². The minimum Gasteiger partial charge on any atom is -0.493 e. The van der Waals surface area contributed by atoms with Gasteiger partial charge in [-0.05, 0) is 31.0 Å². The van der Waals surface area contributed by atoms with Crippen LogP contribution in [0.25, 0.3) is 0 Å². The number of hydrogen-bond donors (Lipinski definition) is 1. The van der Waals surface area contributed by atoms with Gasteiger partial charge in [-0.3, -0.25) is 9.48 Å². The molecule has 2 aromatic rings. The number of rotatable bonds is 5. The van der Waals surface area contributed by atoms with E-state index in [9.17, 15) is 4.79 Å². The lowest BCUT2D eigenvalue weighted by Crippen LogP contribution is -2.24. The van der Waals surface area contributed by atoms with Crippen LogP contribution in [0.1, 0.15) is 42.5 Å². The summed E-state index contributed by atoms with van der Waals surface area (Å²) < 4.78 is 12.9. The summed E-state index contributed by atoms with van der Waals surface area (Å²) in [4.78, 5) is 12.1. The van der Waals surface area contributed by atoms with Crippen molar-refractivity contribution in [3.63, 3.8) is 0 Å². The van der Waals surface area contributed by atoms with Gasteiger partial charge in [0.1, 0.15) is 5.82 Å². The number of methoxy groups -OCH3 is 1. The molecule has 0 unspecified atom stereocenters. The Labute approximate surface area is 141 Å². The zero-order valence-electron chi connectivity index (χ0n) is 14.5. The third-order valence-electron chi connectivity index (χ3n) is 4.32. The quantitative estimate of drug-likeness (QED) is 0.916. The number of aromatic nitrogens is 2. The Bertz CT molecular complexity index is 767. The second-order valence-electron chi connectivity index (χ2n) is 6.03.